The Hall–Kier alpha value is -1.71. The molecule has 0 radical (unpaired) electrons. The van der Waals surface area contributed by atoms with Gasteiger partial charge in [-0.25, -0.2) is 4.79 Å². The Morgan fingerprint density at radius 3 is 2.29 bits per heavy atom. The second-order valence-corrected chi connectivity index (χ2v) is 6.32. The van der Waals surface area contributed by atoms with Crippen LogP contribution in [0.25, 0.3) is 0 Å². The van der Waals surface area contributed by atoms with Crippen LogP contribution in [0.1, 0.15) is 39.5 Å². The molecular formula is C17H25NO3. The van der Waals surface area contributed by atoms with Crippen molar-refractivity contribution in [3.63, 3.8) is 0 Å². The minimum atomic E-state index is -0.833. The number of methoxy groups -OCH3 is 1. The van der Waals surface area contributed by atoms with E-state index < -0.39 is 11.5 Å². The molecule has 116 valence electrons. The smallest absolute Gasteiger partial charge is 0.329 e. The summed E-state index contributed by atoms with van der Waals surface area (Å²) in [5.41, 5.74) is 0.00109. The fraction of sp³-hybridized carbons (Fsp3) is 0.588. The van der Waals surface area contributed by atoms with Gasteiger partial charge in [-0.1, -0.05) is 13.8 Å². The normalized spacial score (nSPS) is 25.6. The lowest BCUT2D eigenvalue weighted by molar-refractivity contribution is -0.144. The summed E-state index contributed by atoms with van der Waals surface area (Å²) < 4.78 is 5.13. The first-order valence-electron chi connectivity index (χ1n) is 7.62. The number of carbonyl (C=O) groups is 1. The van der Waals surface area contributed by atoms with Gasteiger partial charge in [-0.05, 0) is 61.8 Å². The van der Waals surface area contributed by atoms with Crippen molar-refractivity contribution in [2.45, 2.75) is 45.1 Å². The molecular weight excluding hydrogens is 266 g/mol. The number of hydrogen-bond donors (Lipinski definition) is 2. The van der Waals surface area contributed by atoms with Gasteiger partial charge in [0.15, 0.2) is 0 Å². The van der Waals surface area contributed by atoms with Crippen LogP contribution in [0.5, 0.6) is 5.75 Å². The number of anilines is 1. The fourth-order valence-electron chi connectivity index (χ4n) is 3.14. The molecule has 21 heavy (non-hydrogen) atoms. The maximum Gasteiger partial charge on any atom is 0.329 e. The number of hydrogen-bond acceptors (Lipinski definition) is 3. The van der Waals surface area contributed by atoms with Crippen molar-refractivity contribution in [1.82, 2.24) is 0 Å². The number of carboxylic acid groups (broad SMARTS) is 1. The van der Waals surface area contributed by atoms with E-state index in [1.807, 2.05) is 24.3 Å². The van der Waals surface area contributed by atoms with E-state index in [1.54, 1.807) is 7.11 Å². The molecule has 1 aliphatic carbocycles. The van der Waals surface area contributed by atoms with Gasteiger partial charge in [0.25, 0.3) is 0 Å². The summed E-state index contributed by atoms with van der Waals surface area (Å²) in [6.45, 7) is 4.44. The highest BCUT2D eigenvalue weighted by Gasteiger charge is 2.42. The molecule has 0 bridgehead atoms. The number of nitrogens with one attached hydrogen (secondary N) is 1. The molecule has 1 saturated carbocycles. The molecule has 2 N–H and O–H groups in total. The maximum atomic E-state index is 11.8. The molecule has 0 saturated heterocycles. The standard InChI is InChI=1S/C17H25NO3/c1-12(2)13-8-10-17(11-9-13,16(19)20)18-14-4-6-15(21-3)7-5-14/h4-7,12-13,18H,8-11H2,1-3H3,(H,19,20). The molecule has 0 atom stereocenters. The van der Waals surface area contributed by atoms with Crippen LogP contribution in [-0.4, -0.2) is 23.7 Å². The predicted molar refractivity (Wildman–Crippen MR) is 83.8 cm³/mol. The maximum absolute atomic E-state index is 11.8. The molecule has 1 fully saturated rings. The highest BCUT2D eigenvalue weighted by Crippen LogP contribution is 2.38. The average molecular weight is 291 g/mol. The van der Waals surface area contributed by atoms with Crippen LogP contribution in [0.15, 0.2) is 24.3 Å². The Kier molecular flexibility index (Phi) is 4.76. The van der Waals surface area contributed by atoms with E-state index in [4.69, 9.17) is 4.74 Å². The van der Waals surface area contributed by atoms with Crippen LogP contribution in [-0.2, 0) is 4.79 Å². The van der Waals surface area contributed by atoms with E-state index in [9.17, 15) is 9.90 Å². The number of benzene rings is 1. The Labute approximate surface area is 126 Å². The molecule has 0 spiro atoms. The summed E-state index contributed by atoms with van der Waals surface area (Å²) in [6.07, 6.45) is 3.29. The summed E-state index contributed by atoms with van der Waals surface area (Å²) >= 11 is 0. The molecule has 0 aliphatic heterocycles. The van der Waals surface area contributed by atoms with Crippen LogP contribution in [0.4, 0.5) is 5.69 Å². The lowest BCUT2D eigenvalue weighted by atomic mass is 9.72. The lowest BCUT2D eigenvalue weighted by Gasteiger charge is -2.39. The second-order valence-electron chi connectivity index (χ2n) is 6.32. The van der Waals surface area contributed by atoms with Gasteiger partial charge >= 0.3 is 5.97 Å². The van der Waals surface area contributed by atoms with Crippen LogP contribution < -0.4 is 10.1 Å². The van der Waals surface area contributed by atoms with Gasteiger partial charge < -0.3 is 15.2 Å². The zero-order valence-corrected chi connectivity index (χ0v) is 13.1. The van der Waals surface area contributed by atoms with Crippen LogP contribution in [0.3, 0.4) is 0 Å². The minimum Gasteiger partial charge on any atom is -0.497 e. The Balaban J connectivity index is 2.10. The van der Waals surface area contributed by atoms with Gasteiger partial charge in [-0.3, -0.25) is 0 Å². The van der Waals surface area contributed by atoms with Gasteiger partial charge in [-0.2, -0.15) is 0 Å². The van der Waals surface area contributed by atoms with Crippen molar-refractivity contribution < 1.29 is 14.6 Å². The van der Waals surface area contributed by atoms with E-state index in [0.29, 0.717) is 24.7 Å². The van der Waals surface area contributed by atoms with Gasteiger partial charge in [0, 0.05) is 5.69 Å². The molecule has 1 aromatic rings. The topological polar surface area (TPSA) is 58.6 Å². The molecule has 4 nitrogen and oxygen atoms in total. The van der Waals surface area contributed by atoms with E-state index in [-0.39, 0.29) is 0 Å². The van der Waals surface area contributed by atoms with E-state index in [1.165, 1.54) is 0 Å². The van der Waals surface area contributed by atoms with Crippen molar-refractivity contribution in [3.8, 4) is 5.75 Å². The fourth-order valence-corrected chi connectivity index (χ4v) is 3.14. The second kappa shape index (κ2) is 6.37. The third-order valence-electron chi connectivity index (χ3n) is 4.71. The number of ether oxygens (including phenoxy) is 1. The summed E-state index contributed by atoms with van der Waals surface area (Å²) in [5, 5.41) is 12.9. The molecule has 0 heterocycles. The lowest BCUT2D eigenvalue weighted by Crippen LogP contribution is -2.49. The highest BCUT2D eigenvalue weighted by atomic mass is 16.5. The Morgan fingerprint density at radius 1 is 1.29 bits per heavy atom. The third-order valence-corrected chi connectivity index (χ3v) is 4.71. The third kappa shape index (κ3) is 3.49. The van der Waals surface area contributed by atoms with Gasteiger partial charge in [0.05, 0.1) is 7.11 Å². The molecule has 2 rings (SSSR count). The molecule has 0 unspecified atom stereocenters. The number of rotatable bonds is 5. The number of aliphatic carboxylic acids is 1. The van der Waals surface area contributed by atoms with Crippen molar-refractivity contribution in [1.29, 1.82) is 0 Å². The number of carboxylic acids is 1. The van der Waals surface area contributed by atoms with Gasteiger partial charge in [0.1, 0.15) is 11.3 Å². The zero-order valence-electron chi connectivity index (χ0n) is 13.1. The highest BCUT2D eigenvalue weighted by molar-refractivity contribution is 5.83. The molecule has 0 amide bonds. The summed E-state index contributed by atoms with van der Waals surface area (Å²) in [6, 6.07) is 7.44. The predicted octanol–water partition coefficient (Wildman–Crippen LogP) is 3.78. The van der Waals surface area contributed by atoms with Crippen molar-refractivity contribution in [2.24, 2.45) is 11.8 Å². The Morgan fingerprint density at radius 2 is 1.86 bits per heavy atom. The molecule has 4 heteroatoms. The Bertz CT molecular complexity index is 473. The van der Waals surface area contributed by atoms with E-state index in [0.717, 1.165) is 24.3 Å². The van der Waals surface area contributed by atoms with Crippen molar-refractivity contribution >= 4 is 11.7 Å². The molecule has 1 aromatic carbocycles. The van der Waals surface area contributed by atoms with Crippen molar-refractivity contribution in [2.75, 3.05) is 12.4 Å². The SMILES string of the molecule is COc1ccc(NC2(C(=O)O)CCC(C(C)C)CC2)cc1. The largest absolute Gasteiger partial charge is 0.497 e. The monoisotopic (exact) mass is 291 g/mol. The minimum absolute atomic E-state index is 0.623. The van der Waals surface area contributed by atoms with E-state index in [2.05, 4.69) is 19.2 Å². The van der Waals surface area contributed by atoms with Crippen LogP contribution in [0.2, 0.25) is 0 Å². The average Bonchev–Trinajstić information content (AvgIpc) is 2.48. The first kappa shape index (κ1) is 15.7. The van der Waals surface area contributed by atoms with Gasteiger partial charge in [-0.15, -0.1) is 0 Å². The zero-order chi connectivity index (χ0) is 15.5. The summed E-state index contributed by atoms with van der Waals surface area (Å²) in [7, 11) is 1.62. The molecule has 0 aromatic heterocycles. The summed E-state index contributed by atoms with van der Waals surface area (Å²) in [4.78, 5) is 11.8. The first-order valence-corrected chi connectivity index (χ1v) is 7.62. The van der Waals surface area contributed by atoms with Gasteiger partial charge in [0.2, 0.25) is 0 Å². The van der Waals surface area contributed by atoms with E-state index >= 15 is 0 Å². The van der Waals surface area contributed by atoms with Crippen LogP contribution >= 0.6 is 0 Å². The van der Waals surface area contributed by atoms with Crippen molar-refractivity contribution in [3.05, 3.63) is 24.3 Å². The first-order chi connectivity index (χ1) is 9.97. The summed E-state index contributed by atoms with van der Waals surface area (Å²) in [5.74, 6) is 1.28. The molecule has 1 aliphatic rings. The van der Waals surface area contributed by atoms with Crippen LogP contribution in [0, 0.1) is 11.8 Å². The quantitative estimate of drug-likeness (QED) is 0.867.